The Kier molecular flexibility index (Phi) is 5.01. The first-order chi connectivity index (χ1) is 9.61. The van der Waals surface area contributed by atoms with Gasteiger partial charge in [0.15, 0.2) is 0 Å². The van der Waals surface area contributed by atoms with Crippen LogP contribution in [0.2, 0.25) is 0 Å². The summed E-state index contributed by atoms with van der Waals surface area (Å²) in [6.07, 6.45) is 2.04. The average molecular weight is 276 g/mol. The van der Waals surface area contributed by atoms with Gasteiger partial charge in [-0.05, 0) is 39.3 Å². The Balaban J connectivity index is 2.05. The number of ether oxygens (including phenoxy) is 1. The fraction of sp³-hybridized carbons (Fsp3) is 0.562. The third kappa shape index (κ3) is 3.51. The van der Waals surface area contributed by atoms with Crippen molar-refractivity contribution in [3.63, 3.8) is 0 Å². The third-order valence-corrected chi connectivity index (χ3v) is 3.88. The SMILES string of the molecule is COc1ccc(C)cc1C(C)NC(=O)C1CCCNC1. The quantitative estimate of drug-likeness (QED) is 0.886. The van der Waals surface area contributed by atoms with Gasteiger partial charge in [0.1, 0.15) is 5.75 Å². The standard InChI is InChI=1S/C16H24N2O2/c1-11-6-7-15(20-3)14(9-11)12(2)18-16(19)13-5-4-8-17-10-13/h6-7,9,12-13,17H,4-5,8,10H2,1-3H3,(H,18,19). The van der Waals surface area contributed by atoms with Gasteiger partial charge in [-0.1, -0.05) is 17.7 Å². The smallest absolute Gasteiger partial charge is 0.224 e. The first kappa shape index (κ1) is 14.9. The summed E-state index contributed by atoms with van der Waals surface area (Å²) < 4.78 is 5.38. The molecule has 0 aliphatic carbocycles. The van der Waals surface area contributed by atoms with E-state index in [0.717, 1.165) is 37.2 Å². The van der Waals surface area contributed by atoms with Crippen LogP contribution in [0.4, 0.5) is 0 Å². The molecule has 0 saturated carbocycles. The van der Waals surface area contributed by atoms with Gasteiger partial charge in [0.25, 0.3) is 0 Å². The molecule has 1 saturated heterocycles. The van der Waals surface area contributed by atoms with Gasteiger partial charge in [-0.15, -0.1) is 0 Å². The summed E-state index contributed by atoms with van der Waals surface area (Å²) in [5.41, 5.74) is 2.20. The van der Waals surface area contributed by atoms with Crippen molar-refractivity contribution in [2.75, 3.05) is 20.2 Å². The van der Waals surface area contributed by atoms with Crippen LogP contribution in [0, 0.1) is 12.8 Å². The molecule has 20 heavy (non-hydrogen) atoms. The van der Waals surface area contributed by atoms with Gasteiger partial charge in [-0.25, -0.2) is 0 Å². The van der Waals surface area contributed by atoms with Crippen molar-refractivity contribution in [1.82, 2.24) is 10.6 Å². The topological polar surface area (TPSA) is 50.4 Å². The first-order valence-electron chi connectivity index (χ1n) is 7.27. The zero-order chi connectivity index (χ0) is 14.5. The van der Waals surface area contributed by atoms with Crippen molar-refractivity contribution in [3.05, 3.63) is 29.3 Å². The molecule has 2 N–H and O–H groups in total. The molecule has 1 aromatic carbocycles. The molecule has 0 aromatic heterocycles. The number of nitrogens with one attached hydrogen (secondary N) is 2. The van der Waals surface area contributed by atoms with Crippen LogP contribution in [0.1, 0.15) is 36.9 Å². The van der Waals surface area contributed by atoms with Gasteiger partial charge >= 0.3 is 0 Å². The Bertz CT molecular complexity index is 468. The highest BCUT2D eigenvalue weighted by atomic mass is 16.5. The maximum Gasteiger partial charge on any atom is 0.224 e. The first-order valence-corrected chi connectivity index (χ1v) is 7.27. The molecule has 1 aliphatic heterocycles. The van der Waals surface area contributed by atoms with Crippen LogP contribution >= 0.6 is 0 Å². The number of methoxy groups -OCH3 is 1. The van der Waals surface area contributed by atoms with Crippen LogP contribution in [-0.2, 0) is 4.79 Å². The van der Waals surface area contributed by atoms with E-state index < -0.39 is 0 Å². The molecule has 0 bridgehead atoms. The Hall–Kier alpha value is -1.55. The summed E-state index contributed by atoms with van der Waals surface area (Å²) in [7, 11) is 1.66. The molecule has 1 aliphatic rings. The van der Waals surface area contributed by atoms with Gasteiger partial charge in [0.05, 0.1) is 19.1 Å². The summed E-state index contributed by atoms with van der Waals surface area (Å²) >= 11 is 0. The Morgan fingerprint density at radius 3 is 2.95 bits per heavy atom. The lowest BCUT2D eigenvalue weighted by atomic mass is 9.97. The lowest BCUT2D eigenvalue weighted by Gasteiger charge is -2.25. The average Bonchev–Trinajstić information content (AvgIpc) is 2.48. The molecule has 2 atom stereocenters. The second-order valence-corrected chi connectivity index (χ2v) is 5.52. The number of hydrogen-bond donors (Lipinski definition) is 2. The number of carbonyl (C=O) groups is 1. The van der Waals surface area contributed by atoms with E-state index in [4.69, 9.17) is 4.74 Å². The van der Waals surface area contributed by atoms with E-state index in [9.17, 15) is 4.79 Å². The number of carbonyl (C=O) groups excluding carboxylic acids is 1. The monoisotopic (exact) mass is 276 g/mol. The van der Waals surface area contributed by atoms with Gasteiger partial charge in [0, 0.05) is 12.1 Å². The van der Waals surface area contributed by atoms with Crippen molar-refractivity contribution in [2.24, 2.45) is 5.92 Å². The van der Waals surface area contributed by atoms with E-state index in [2.05, 4.69) is 16.7 Å². The number of rotatable bonds is 4. The summed E-state index contributed by atoms with van der Waals surface area (Å²) in [6.45, 7) is 5.85. The Morgan fingerprint density at radius 1 is 1.50 bits per heavy atom. The van der Waals surface area contributed by atoms with Gasteiger partial charge < -0.3 is 15.4 Å². The predicted molar refractivity (Wildman–Crippen MR) is 79.9 cm³/mol. The number of benzene rings is 1. The Labute approximate surface area is 120 Å². The second kappa shape index (κ2) is 6.75. The molecule has 0 spiro atoms. The van der Waals surface area contributed by atoms with Crippen molar-refractivity contribution < 1.29 is 9.53 Å². The molecular weight excluding hydrogens is 252 g/mol. The minimum Gasteiger partial charge on any atom is -0.496 e. The van der Waals surface area contributed by atoms with Crippen molar-refractivity contribution >= 4 is 5.91 Å². The number of amides is 1. The summed E-state index contributed by atoms with van der Waals surface area (Å²) in [4.78, 5) is 12.3. The summed E-state index contributed by atoms with van der Waals surface area (Å²) in [6, 6.07) is 6.00. The van der Waals surface area contributed by atoms with Crippen LogP contribution in [0.3, 0.4) is 0 Å². The summed E-state index contributed by atoms with van der Waals surface area (Å²) in [5, 5.41) is 6.38. The molecular formula is C16H24N2O2. The lowest BCUT2D eigenvalue weighted by Crippen LogP contribution is -2.41. The normalized spacial score (nSPS) is 20.2. The van der Waals surface area contributed by atoms with Crippen LogP contribution in [0.15, 0.2) is 18.2 Å². The molecule has 1 aromatic rings. The molecule has 110 valence electrons. The highest BCUT2D eigenvalue weighted by Gasteiger charge is 2.23. The van der Waals surface area contributed by atoms with E-state index in [1.54, 1.807) is 7.11 Å². The molecule has 1 fully saturated rings. The zero-order valence-electron chi connectivity index (χ0n) is 12.5. The fourth-order valence-electron chi connectivity index (χ4n) is 2.68. The highest BCUT2D eigenvalue weighted by Crippen LogP contribution is 2.26. The van der Waals surface area contributed by atoms with Crippen molar-refractivity contribution in [1.29, 1.82) is 0 Å². The molecule has 4 nitrogen and oxygen atoms in total. The van der Waals surface area contributed by atoms with Gasteiger partial charge in [-0.3, -0.25) is 4.79 Å². The largest absolute Gasteiger partial charge is 0.496 e. The van der Waals surface area contributed by atoms with E-state index in [1.807, 2.05) is 26.0 Å². The van der Waals surface area contributed by atoms with Crippen LogP contribution < -0.4 is 15.4 Å². The lowest BCUT2D eigenvalue weighted by molar-refractivity contribution is -0.126. The predicted octanol–water partition coefficient (Wildman–Crippen LogP) is 2.18. The summed E-state index contributed by atoms with van der Waals surface area (Å²) in [5.74, 6) is 1.04. The molecule has 4 heteroatoms. The maximum atomic E-state index is 12.3. The minimum absolute atomic E-state index is 0.0423. The zero-order valence-corrected chi connectivity index (χ0v) is 12.5. The van der Waals surface area contributed by atoms with Crippen LogP contribution in [0.25, 0.3) is 0 Å². The number of hydrogen-bond acceptors (Lipinski definition) is 3. The molecule has 2 unspecified atom stereocenters. The molecule has 2 rings (SSSR count). The fourth-order valence-corrected chi connectivity index (χ4v) is 2.68. The van der Waals surface area contributed by atoms with Gasteiger partial charge in [-0.2, -0.15) is 0 Å². The number of piperidine rings is 1. The van der Waals surface area contributed by atoms with E-state index >= 15 is 0 Å². The maximum absolute atomic E-state index is 12.3. The van der Waals surface area contributed by atoms with E-state index in [-0.39, 0.29) is 17.9 Å². The molecule has 0 radical (unpaired) electrons. The number of aryl methyl sites for hydroxylation is 1. The van der Waals surface area contributed by atoms with Crippen molar-refractivity contribution in [2.45, 2.75) is 32.7 Å². The van der Waals surface area contributed by atoms with E-state index in [1.165, 1.54) is 5.56 Å². The Morgan fingerprint density at radius 2 is 2.30 bits per heavy atom. The highest BCUT2D eigenvalue weighted by molar-refractivity contribution is 5.79. The van der Waals surface area contributed by atoms with Crippen molar-refractivity contribution in [3.8, 4) is 5.75 Å². The van der Waals surface area contributed by atoms with E-state index in [0.29, 0.717) is 0 Å². The molecule has 1 heterocycles. The van der Waals surface area contributed by atoms with Crippen LogP contribution in [0.5, 0.6) is 5.75 Å². The second-order valence-electron chi connectivity index (χ2n) is 5.52. The third-order valence-electron chi connectivity index (χ3n) is 3.88. The molecule has 1 amide bonds. The van der Waals surface area contributed by atoms with Gasteiger partial charge in [0.2, 0.25) is 5.91 Å². The minimum atomic E-state index is -0.0423. The van der Waals surface area contributed by atoms with Crippen LogP contribution in [-0.4, -0.2) is 26.1 Å².